The van der Waals surface area contributed by atoms with Crippen LogP contribution < -0.4 is 0 Å². The van der Waals surface area contributed by atoms with Gasteiger partial charge in [0.1, 0.15) is 6.10 Å². The van der Waals surface area contributed by atoms with Crippen molar-refractivity contribution in [1.29, 1.82) is 0 Å². The molecule has 0 rings (SSSR count). The van der Waals surface area contributed by atoms with Crippen LogP contribution in [-0.4, -0.2) is 39.4 Å². The molecule has 0 aliphatic heterocycles. The van der Waals surface area contributed by atoms with Crippen LogP contribution in [-0.2, 0) is 4.79 Å². The highest BCUT2D eigenvalue weighted by Gasteiger charge is 2.22. The molecular weight excluding hydrogens is 147 g/mol. The van der Waals surface area contributed by atoms with Crippen LogP contribution in [0.2, 0.25) is 0 Å². The standard InChI is InChI=1S/C4H7ClO4/c5-3(4(8)9)2(7)1-6/h2-3,6-7H,1H2,(H,8,9)/t2-,3+/m1/s1. The Balaban J connectivity index is 3.72. The normalized spacial score (nSPS) is 16.8. The summed E-state index contributed by atoms with van der Waals surface area (Å²) in [5.41, 5.74) is 0. The maximum Gasteiger partial charge on any atom is 0.324 e. The second kappa shape index (κ2) is 3.66. The molecule has 0 fully saturated rings. The molecule has 0 amide bonds. The number of aliphatic hydroxyl groups is 2. The molecule has 2 atom stereocenters. The van der Waals surface area contributed by atoms with E-state index in [-0.39, 0.29) is 0 Å². The van der Waals surface area contributed by atoms with E-state index >= 15 is 0 Å². The predicted molar refractivity (Wildman–Crippen MR) is 30.4 cm³/mol. The van der Waals surface area contributed by atoms with Crippen LogP contribution in [0.3, 0.4) is 0 Å². The summed E-state index contributed by atoms with van der Waals surface area (Å²) in [4.78, 5) is 9.90. The lowest BCUT2D eigenvalue weighted by atomic mass is 10.3. The first-order chi connectivity index (χ1) is 4.09. The van der Waals surface area contributed by atoms with E-state index in [9.17, 15) is 4.79 Å². The van der Waals surface area contributed by atoms with Crippen LogP contribution in [0.1, 0.15) is 0 Å². The van der Waals surface area contributed by atoms with Gasteiger partial charge in [-0.3, -0.25) is 4.79 Å². The quantitative estimate of drug-likeness (QED) is 0.457. The van der Waals surface area contributed by atoms with Gasteiger partial charge in [0.05, 0.1) is 6.61 Å². The molecule has 0 spiro atoms. The van der Waals surface area contributed by atoms with Gasteiger partial charge in [-0.2, -0.15) is 0 Å². The topological polar surface area (TPSA) is 77.8 Å². The van der Waals surface area contributed by atoms with Gasteiger partial charge in [-0.25, -0.2) is 0 Å². The van der Waals surface area contributed by atoms with Crippen LogP contribution in [0, 0.1) is 0 Å². The molecule has 0 heterocycles. The number of hydrogen-bond acceptors (Lipinski definition) is 3. The van der Waals surface area contributed by atoms with Crippen molar-refractivity contribution in [1.82, 2.24) is 0 Å². The van der Waals surface area contributed by atoms with Crippen molar-refractivity contribution in [3.05, 3.63) is 0 Å². The number of aliphatic hydroxyl groups excluding tert-OH is 2. The summed E-state index contributed by atoms with van der Waals surface area (Å²) < 4.78 is 0. The summed E-state index contributed by atoms with van der Waals surface area (Å²) in [6, 6.07) is 0. The first kappa shape index (κ1) is 8.68. The highest BCUT2D eigenvalue weighted by atomic mass is 35.5. The maximum atomic E-state index is 9.90. The average molecular weight is 155 g/mol. The fourth-order valence-corrected chi connectivity index (χ4v) is 0.337. The van der Waals surface area contributed by atoms with Crippen molar-refractivity contribution in [2.75, 3.05) is 6.61 Å². The third-order valence-corrected chi connectivity index (χ3v) is 1.24. The Labute approximate surface area is 56.7 Å². The minimum atomic E-state index is -1.42. The van der Waals surface area contributed by atoms with Gasteiger partial charge in [0.25, 0.3) is 0 Å². The second-order valence-corrected chi connectivity index (χ2v) is 1.96. The molecule has 0 aromatic carbocycles. The van der Waals surface area contributed by atoms with Gasteiger partial charge in [-0.05, 0) is 0 Å². The lowest BCUT2D eigenvalue weighted by Gasteiger charge is -2.07. The Kier molecular flexibility index (Phi) is 3.53. The van der Waals surface area contributed by atoms with Crippen molar-refractivity contribution in [3.63, 3.8) is 0 Å². The molecule has 54 valence electrons. The smallest absolute Gasteiger partial charge is 0.324 e. The number of halogens is 1. The van der Waals surface area contributed by atoms with Gasteiger partial charge in [0.15, 0.2) is 5.38 Å². The van der Waals surface area contributed by atoms with Gasteiger partial charge in [0, 0.05) is 0 Å². The molecule has 0 aliphatic rings. The molecule has 5 heteroatoms. The summed E-state index contributed by atoms with van der Waals surface area (Å²) >= 11 is 5.06. The maximum absolute atomic E-state index is 9.90. The van der Waals surface area contributed by atoms with Crippen LogP contribution in [0.15, 0.2) is 0 Å². The monoisotopic (exact) mass is 154 g/mol. The van der Waals surface area contributed by atoms with E-state index in [2.05, 4.69) is 0 Å². The first-order valence-corrected chi connectivity index (χ1v) is 2.69. The van der Waals surface area contributed by atoms with Crippen LogP contribution in [0.25, 0.3) is 0 Å². The third-order valence-electron chi connectivity index (χ3n) is 0.761. The highest BCUT2D eigenvalue weighted by Crippen LogP contribution is 2.01. The summed E-state index contributed by atoms with van der Waals surface area (Å²) in [5.74, 6) is -1.33. The SMILES string of the molecule is O=C(O)[C@@H](Cl)[C@H](O)CO. The Morgan fingerprint density at radius 1 is 1.67 bits per heavy atom. The van der Waals surface area contributed by atoms with Crippen molar-refractivity contribution < 1.29 is 20.1 Å². The van der Waals surface area contributed by atoms with Crippen LogP contribution >= 0.6 is 11.6 Å². The molecule has 0 aromatic heterocycles. The van der Waals surface area contributed by atoms with Crippen LogP contribution in [0.5, 0.6) is 0 Å². The Morgan fingerprint density at radius 3 is 2.22 bits per heavy atom. The second-order valence-electron chi connectivity index (χ2n) is 1.49. The minimum Gasteiger partial charge on any atom is -0.480 e. The molecule has 0 saturated heterocycles. The summed E-state index contributed by atoms with van der Waals surface area (Å²) in [7, 11) is 0. The average Bonchev–Trinajstić information content (AvgIpc) is 1.84. The molecule has 4 nitrogen and oxygen atoms in total. The third kappa shape index (κ3) is 2.64. The number of carboxylic acid groups (broad SMARTS) is 1. The minimum absolute atomic E-state index is 0.638. The molecule has 0 radical (unpaired) electrons. The lowest BCUT2D eigenvalue weighted by molar-refractivity contribution is -0.139. The Morgan fingerprint density at radius 2 is 2.11 bits per heavy atom. The molecule has 0 saturated carbocycles. The van der Waals surface area contributed by atoms with E-state index in [0.29, 0.717) is 0 Å². The van der Waals surface area contributed by atoms with Gasteiger partial charge in [0.2, 0.25) is 0 Å². The number of aliphatic carboxylic acids is 1. The van der Waals surface area contributed by atoms with Gasteiger partial charge < -0.3 is 15.3 Å². The van der Waals surface area contributed by atoms with Crippen molar-refractivity contribution >= 4 is 17.6 Å². The lowest BCUT2D eigenvalue weighted by Crippen LogP contribution is -2.31. The zero-order valence-corrected chi connectivity index (χ0v) is 5.25. The van der Waals surface area contributed by atoms with Gasteiger partial charge >= 0.3 is 5.97 Å². The fraction of sp³-hybridized carbons (Fsp3) is 0.750. The number of carbonyl (C=O) groups is 1. The van der Waals surface area contributed by atoms with E-state index in [0.717, 1.165) is 0 Å². The fourth-order valence-electron chi connectivity index (χ4n) is 0.257. The first-order valence-electron chi connectivity index (χ1n) is 2.25. The molecule has 0 aromatic rings. The van der Waals surface area contributed by atoms with E-state index < -0.39 is 24.1 Å². The van der Waals surface area contributed by atoms with Crippen LogP contribution in [0.4, 0.5) is 0 Å². The Bertz CT molecular complexity index is 105. The molecule has 9 heavy (non-hydrogen) atoms. The van der Waals surface area contributed by atoms with Gasteiger partial charge in [-0.15, -0.1) is 11.6 Å². The Hall–Kier alpha value is -0.320. The van der Waals surface area contributed by atoms with E-state index in [1.54, 1.807) is 0 Å². The summed E-state index contributed by atoms with van der Waals surface area (Å²) in [6.07, 6.45) is -1.39. The van der Waals surface area contributed by atoms with E-state index in [4.69, 9.17) is 26.9 Å². The van der Waals surface area contributed by atoms with E-state index in [1.165, 1.54) is 0 Å². The highest BCUT2D eigenvalue weighted by molar-refractivity contribution is 6.30. The molecule has 0 unspecified atom stereocenters. The van der Waals surface area contributed by atoms with Crippen molar-refractivity contribution in [2.45, 2.75) is 11.5 Å². The number of rotatable bonds is 3. The van der Waals surface area contributed by atoms with Crippen molar-refractivity contribution in [3.8, 4) is 0 Å². The number of hydrogen-bond donors (Lipinski definition) is 3. The summed E-state index contributed by atoms with van der Waals surface area (Å²) in [6.45, 7) is -0.638. The largest absolute Gasteiger partial charge is 0.480 e. The zero-order valence-electron chi connectivity index (χ0n) is 4.49. The van der Waals surface area contributed by atoms with Crippen molar-refractivity contribution in [2.24, 2.45) is 0 Å². The molecular formula is C4H7ClO4. The molecule has 3 N–H and O–H groups in total. The summed E-state index contributed by atoms with van der Waals surface area (Å²) in [5, 5.41) is 23.3. The number of alkyl halides is 1. The zero-order chi connectivity index (χ0) is 7.44. The molecule has 0 aliphatic carbocycles. The predicted octanol–water partition coefficient (Wildman–Crippen LogP) is -0.968. The van der Waals surface area contributed by atoms with Gasteiger partial charge in [-0.1, -0.05) is 0 Å². The number of carboxylic acids is 1. The van der Waals surface area contributed by atoms with E-state index in [1.807, 2.05) is 0 Å². The molecule has 0 bridgehead atoms.